The third-order valence-corrected chi connectivity index (χ3v) is 6.51. The maximum atomic E-state index is 12.6. The Balaban J connectivity index is 1.23. The fourth-order valence-electron chi connectivity index (χ4n) is 4.70. The van der Waals surface area contributed by atoms with Crippen LogP contribution in [0.25, 0.3) is 0 Å². The fourth-order valence-corrected chi connectivity index (χ4v) is 4.70. The van der Waals surface area contributed by atoms with E-state index in [1.165, 1.54) is 36.0 Å². The molecule has 1 aromatic rings. The molecule has 2 aliphatic heterocycles. The topological polar surface area (TPSA) is 61.9 Å². The van der Waals surface area contributed by atoms with Crippen molar-refractivity contribution in [2.24, 2.45) is 0 Å². The quantitative estimate of drug-likeness (QED) is 0.823. The molecule has 2 amide bonds. The van der Waals surface area contributed by atoms with Gasteiger partial charge in [0.1, 0.15) is 6.10 Å². The molecule has 1 N–H and O–H groups in total. The summed E-state index contributed by atoms with van der Waals surface area (Å²) < 4.78 is 5.51. The minimum Gasteiger partial charge on any atom is -0.368 e. The third kappa shape index (κ3) is 4.98. The number of amides is 2. The number of benzene rings is 1. The molecule has 3 aliphatic rings. The van der Waals surface area contributed by atoms with Gasteiger partial charge in [-0.25, -0.2) is 0 Å². The highest BCUT2D eigenvalue weighted by molar-refractivity contribution is 5.81. The molecular weight excluding hydrogens is 366 g/mol. The van der Waals surface area contributed by atoms with Crippen LogP contribution in [0.5, 0.6) is 0 Å². The van der Waals surface area contributed by atoms with Gasteiger partial charge in [0.2, 0.25) is 5.91 Å². The molecule has 6 nitrogen and oxygen atoms in total. The minimum absolute atomic E-state index is 0.0112. The molecule has 4 rings (SSSR count). The summed E-state index contributed by atoms with van der Waals surface area (Å²) in [5, 5.41) is 3.15. The second-order valence-corrected chi connectivity index (χ2v) is 8.63. The van der Waals surface area contributed by atoms with E-state index in [1.807, 2.05) is 4.90 Å². The number of fused-ring (bicyclic) bond motifs is 1. The summed E-state index contributed by atoms with van der Waals surface area (Å²) in [6.45, 7) is 5.95. The summed E-state index contributed by atoms with van der Waals surface area (Å²) in [4.78, 5) is 29.0. The summed E-state index contributed by atoms with van der Waals surface area (Å²) >= 11 is 0. The minimum atomic E-state index is -0.248. The van der Waals surface area contributed by atoms with Crippen molar-refractivity contribution in [2.75, 3.05) is 39.3 Å². The molecular formula is C23H33N3O3. The summed E-state index contributed by atoms with van der Waals surface area (Å²) in [6.07, 6.45) is 6.43. The highest BCUT2D eigenvalue weighted by Crippen LogP contribution is 2.24. The first-order chi connectivity index (χ1) is 14.1. The number of nitrogens with one attached hydrogen (secondary N) is 1. The van der Waals surface area contributed by atoms with E-state index in [-0.39, 0.29) is 24.0 Å². The molecule has 2 heterocycles. The second-order valence-electron chi connectivity index (χ2n) is 8.63. The molecule has 1 aromatic carbocycles. The van der Waals surface area contributed by atoms with Crippen LogP contribution in [0.2, 0.25) is 0 Å². The molecule has 158 valence electrons. The molecule has 1 aliphatic carbocycles. The standard InChI is InChI=1S/C23H33N3O3/c1-17(19-9-8-18-5-2-3-6-20(18)15-19)24-22(27)16-25-10-12-26(13-11-25)23(28)21-7-4-14-29-21/h8-9,15,17,21H,2-7,10-14,16H2,1H3,(H,24,27)/t17-,21-/m0/s1. The van der Waals surface area contributed by atoms with Crippen LogP contribution in [0.1, 0.15) is 55.3 Å². The Kier molecular flexibility index (Phi) is 6.50. The Hall–Kier alpha value is -1.92. The molecule has 29 heavy (non-hydrogen) atoms. The van der Waals surface area contributed by atoms with Gasteiger partial charge in [0.05, 0.1) is 12.6 Å². The smallest absolute Gasteiger partial charge is 0.251 e. The lowest BCUT2D eigenvalue weighted by Crippen LogP contribution is -2.53. The van der Waals surface area contributed by atoms with Crippen LogP contribution < -0.4 is 5.32 Å². The molecule has 6 heteroatoms. The summed E-state index contributed by atoms with van der Waals surface area (Å²) in [5.74, 6) is 0.168. The van der Waals surface area contributed by atoms with Crippen LogP contribution >= 0.6 is 0 Å². The molecule has 2 fully saturated rings. The SMILES string of the molecule is C[C@H](NC(=O)CN1CCN(C(=O)[C@@H]2CCCO2)CC1)c1ccc2c(c1)CCCC2. The lowest BCUT2D eigenvalue weighted by molar-refractivity contribution is -0.142. The van der Waals surface area contributed by atoms with E-state index in [2.05, 4.69) is 35.3 Å². The summed E-state index contributed by atoms with van der Waals surface area (Å²) in [5.41, 5.74) is 4.10. The van der Waals surface area contributed by atoms with Gasteiger partial charge in [0.25, 0.3) is 5.91 Å². The predicted octanol–water partition coefficient (Wildman–Crippen LogP) is 2.07. The average molecular weight is 400 g/mol. The van der Waals surface area contributed by atoms with Crippen LogP contribution in [-0.2, 0) is 27.2 Å². The van der Waals surface area contributed by atoms with Gasteiger partial charge < -0.3 is 15.0 Å². The molecule has 2 atom stereocenters. The highest BCUT2D eigenvalue weighted by atomic mass is 16.5. The van der Waals surface area contributed by atoms with Crippen LogP contribution in [0.3, 0.4) is 0 Å². The molecule has 0 radical (unpaired) electrons. The van der Waals surface area contributed by atoms with Gasteiger partial charge in [0, 0.05) is 32.8 Å². The molecule has 2 saturated heterocycles. The van der Waals surface area contributed by atoms with Crippen molar-refractivity contribution < 1.29 is 14.3 Å². The zero-order valence-electron chi connectivity index (χ0n) is 17.5. The molecule has 0 bridgehead atoms. The third-order valence-electron chi connectivity index (χ3n) is 6.51. The monoisotopic (exact) mass is 399 g/mol. The zero-order valence-corrected chi connectivity index (χ0v) is 17.5. The van der Waals surface area contributed by atoms with Gasteiger partial charge >= 0.3 is 0 Å². The van der Waals surface area contributed by atoms with Crippen molar-refractivity contribution in [3.63, 3.8) is 0 Å². The van der Waals surface area contributed by atoms with E-state index in [9.17, 15) is 9.59 Å². The maximum absolute atomic E-state index is 12.6. The van der Waals surface area contributed by atoms with Crippen molar-refractivity contribution >= 4 is 11.8 Å². The predicted molar refractivity (Wildman–Crippen MR) is 112 cm³/mol. The van der Waals surface area contributed by atoms with Gasteiger partial charge in [-0.3, -0.25) is 14.5 Å². The normalized spacial score (nSPS) is 23.5. The van der Waals surface area contributed by atoms with Crippen LogP contribution in [0.15, 0.2) is 18.2 Å². The number of hydrogen-bond donors (Lipinski definition) is 1. The van der Waals surface area contributed by atoms with Crippen molar-refractivity contribution in [2.45, 2.75) is 57.6 Å². The number of nitrogens with zero attached hydrogens (tertiary/aromatic N) is 2. The fraction of sp³-hybridized carbons (Fsp3) is 0.652. The Morgan fingerprint density at radius 2 is 1.86 bits per heavy atom. The number of rotatable bonds is 5. The first kappa shape index (κ1) is 20.4. The van der Waals surface area contributed by atoms with Crippen LogP contribution in [-0.4, -0.2) is 67.0 Å². The van der Waals surface area contributed by atoms with E-state index >= 15 is 0 Å². The van der Waals surface area contributed by atoms with Crippen LogP contribution in [0.4, 0.5) is 0 Å². The van der Waals surface area contributed by atoms with Crippen molar-refractivity contribution in [1.82, 2.24) is 15.1 Å². The van der Waals surface area contributed by atoms with E-state index < -0.39 is 0 Å². The summed E-state index contributed by atoms with van der Waals surface area (Å²) in [7, 11) is 0. The number of carbonyl (C=O) groups excluding carboxylic acids is 2. The van der Waals surface area contributed by atoms with Crippen molar-refractivity contribution in [3.05, 3.63) is 34.9 Å². The number of carbonyl (C=O) groups is 2. The number of aryl methyl sites for hydroxylation is 2. The van der Waals surface area contributed by atoms with Gasteiger partial charge in [-0.2, -0.15) is 0 Å². The lowest BCUT2D eigenvalue weighted by Gasteiger charge is -2.35. The Morgan fingerprint density at radius 1 is 1.10 bits per heavy atom. The van der Waals surface area contributed by atoms with E-state index in [1.54, 1.807) is 0 Å². The van der Waals surface area contributed by atoms with Crippen molar-refractivity contribution in [1.29, 1.82) is 0 Å². The Bertz CT molecular complexity index is 737. The first-order valence-electron chi connectivity index (χ1n) is 11.1. The lowest BCUT2D eigenvalue weighted by atomic mass is 9.89. The molecule has 0 unspecified atom stereocenters. The van der Waals surface area contributed by atoms with Gasteiger partial charge in [0.15, 0.2) is 0 Å². The number of piperazine rings is 1. The molecule has 0 spiro atoms. The maximum Gasteiger partial charge on any atom is 0.251 e. The Labute approximate surface area is 173 Å². The van der Waals surface area contributed by atoms with Gasteiger partial charge in [-0.15, -0.1) is 0 Å². The Morgan fingerprint density at radius 3 is 2.59 bits per heavy atom. The van der Waals surface area contributed by atoms with Gasteiger partial charge in [-0.1, -0.05) is 18.2 Å². The highest BCUT2D eigenvalue weighted by Gasteiger charge is 2.30. The summed E-state index contributed by atoms with van der Waals surface area (Å²) in [6, 6.07) is 6.67. The molecule has 0 aromatic heterocycles. The zero-order chi connectivity index (χ0) is 20.2. The average Bonchev–Trinajstić information content (AvgIpc) is 3.28. The number of ether oxygens (including phenoxy) is 1. The molecule has 0 saturated carbocycles. The van der Waals surface area contributed by atoms with Crippen LogP contribution in [0, 0.1) is 0 Å². The van der Waals surface area contributed by atoms with E-state index in [0.717, 1.165) is 32.4 Å². The second kappa shape index (κ2) is 9.26. The van der Waals surface area contributed by atoms with Gasteiger partial charge in [-0.05, 0) is 62.1 Å². The van der Waals surface area contributed by atoms with E-state index in [0.29, 0.717) is 26.2 Å². The largest absolute Gasteiger partial charge is 0.368 e. The van der Waals surface area contributed by atoms with Crippen molar-refractivity contribution in [3.8, 4) is 0 Å². The van der Waals surface area contributed by atoms with E-state index in [4.69, 9.17) is 4.74 Å². The first-order valence-corrected chi connectivity index (χ1v) is 11.1. The number of hydrogen-bond acceptors (Lipinski definition) is 4.